The zero-order chi connectivity index (χ0) is 23.3. The largest absolute Gasteiger partial charge is 0.420 e. The van der Waals surface area contributed by atoms with Crippen LogP contribution in [0.1, 0.15) is 101 Å². The van der Waals surface area contributed by atoms with E-state index in [2.05, 4.69) is 38.3 Å². The second-order valence-electron chi connectivity index (χ2n) is 9.16. The van der Waals surface area contributed by atoms with Crippen molar-refractivity contribution in [2.45, 2.75) is 79.1 Å². The molecule has 2 N–H and O–H groups in total. The van der Waals surface area contributed by atoms with Crippen LogP contribution in [0.3, 0.4) is 0 Å². The van der Waals surface area contributed by atoms with Crippen LogP contribution in [0.5, 0.6) is 5.75 Å². The van der Waals surface area contributed by atoms with Gasteiger partial charge in [-0.1, -0.05) is 91.8 Å². The minimum atomic E-state index is -0.791. The lowest BCUT2D eigenvalue weighted by molar-refractivity contribution is 0.198. The van der Waals surface area contributed by atoms with E-state index in [0.29, 0.717) is 5.75 Å². The molecule has 5 heteroatoms. The Morgan fingerprint density at radius 2 is 1.06 bits per heavy atom. The standard InChI is InChI=1S/C26H36N2O3/c1-15(2)19-11-9-12-20(16(3)4)23(19)27-25(29)28-26(30)31-24-21(17(5)6)13-10-14-22(24)18(7)8/h9-18H,1-8H3,(H2,27,28,29,30). The summed E-state index contributed by atoms with van der Waals surface area (Å²) < 4.78 is 5.65. The van der Waals surface area contributed by atoms with E-state index in [9.17, 15) is 9.59 Å². The van der Waals surface area contributed by atoms with Crippen molar-refractivity contribution in [2.24, 2.45) is 0 Å². The number of benzene rings is 2. The van der Waals surface area contributed by atoms with Crippen LogP contribution in [0.4, 0.5) is 15.3 Å². The number of rotatable bonds is 6. The van der Waals surface area contributed by atoms with E-state index < -0.39 is 12.1 Å². The monoisotopic (exact) mass is 424 g/mol. The number of carbonyl (C=O) groups is 2. The van der Waals surface area contributed by atoms with Crippen LogP contribution >= 0.6 is 0 Å². The lowest BCUT2D eigenvalue weighted by atomic mass is 9.93. The number of hydrogen-bond donors (Lipinski definition) is 2. The Kier molecular flexibility index (Phi) is 8.26. The zero-order valence-electron chi connectivity index (χ0n) is 20.0. The number of imide groups is 1. The van der Waals surface area contributed by atoms with Crippen molar-refractivity contribution in [1.82, 2.24) is 5.32 Å². The van der Waals surface area contributed by atoms with E-state index in [4.69, 9.17) is 4.74 Å². The van der Waals surface area contributed by atoms with Gasteiger partial charge in [0.05, 0.1) is 0 Å². The van der Waals surface area contributed by atoms with Crippen LogP contribution in [0.2, 0.25) is 0 Å². The normalized spacial score (nSPS) is 11.4. The second-order valence-corrected chi connectivity index (χ2v) is 9.16. The van der Waals surface area contributed by atoms with E-state index in [-0.39, 0.29) is 23.7 Å². The van der Waals surface area contributed by atoms with Crippen molar-refractivity contribution in [1.29, 1.82) is 0 Å². The number of amides is 3. The summed E-state index contributed by atoms with van der Waals surface area (Å²) in [7, 11) is 0. The van der Waals surface area contributed by atoms with E-state index in [1.165, 1.54) is 0 Å². The van der Waals surface area contributed by atoms with E-state index in [1.807, 2.05) is 64.1 Å². The average molecular weight is 425 g/mol. The van der Waals surface area contributed by atoms with Crippen LogP contribution in [0, 0.1) is 0 Å². The number of hydrogen-bond acceptors (Lipinski definition) is 3. The molecule has 0 spiro atoms. The highest BCUT2D eigenvalue weighted by molar-refractivity contribution is 6.00. The fourth-order valence-corrected chi connectivity index (χ4v) is 3.65. The van der Waals surface area contributed by atoms with E-state index in [0.717, 1.165) is 27.9 Å². The van der Waals surface area contributed by atoms with E-state index in [1.54, 1.807) is 0 Å². The first-order chi connectivity index (χ1) is 14.5. The molecule has 31 heavy (non-hydrogen) atoms. The molecule has 2 aromatic rings. The van der Waals surface area contributed by atoms with Crippen LogP contribution in [-0.2, 0) is 0 Å². The molecule has 0 radical (unpaired) electrons. The lowest BCUT2D eigenvalue weighted by Crippen LogP contribution is -2.37. The third-order valence-corrected chi connectivity index (χ3v) is 5.34. The number of para-hydroxylation sites is 2. The topological polar surface area (TPSA) is 67.4 Å². The molecule has 5 nitrogen and oxygen atoms in total. The number of carbonyl (C=O) groups excluding carboxylic acids is 2. The van der Waals surface area contributed by atoms with Gasteiger partial charge < -0.3 is 10.1 Å². The molecule has 0 unspecified atom stereocenters. The van der Waals surface area contributed by atoms with Gasteiger partial charge in [-0.3, -0.25) is 0 Å². The quantitative estimate of drug-likeness (QED) is 0.504. The van der Waals surface area contributed by atoms with Gasteiger partial charge in [-0.25, -0.2) is 14.9 Å². The van der Waals surface area contributed by atoms with E-state index >= 15 is 0 Å². The second kappa shape index (κ2) is 10.5. The Labute approximate surface area is 186 Å². The van der Waals surface area contributed by atoms with Crippen molar-refractivity contribution >= 4 is 17.8 Å². The predicted octanol–water partition coefficient (Wildman–Crippen LogP) is 7.50. The van der Waals surface area contributed by atoms with Crippen molar-refractivity contribution in [3.05, 3.63) is 58.7 Å². The van der Waals surface area contributed by atoms with Gasteiger partial charge in [0, 0.05) is 5.69 Å². The highest BCUT2D eigenvalue weighted by atomic mass is 16.6. The van der Waals surface area contributed by atoms with Gasteiger partial charge in [-0.2, -0.15) is 0 Å². The highest BCUT2D eigenvalue weighted by Gasteiger charge is 2.21. The van der Waals surface area contributed by atoms with Gasteiger partial charge in [0.2, 0.25) is 0 Å². The van der Waals surface area contributed by atoms with Crippen LogP contribution in [0.15, 0.2) is 36.4 Å². The van der Waals surface area contributed by atoms with Crippen LogP contribution < -0.4 is 15.4 Å². The molecule has 0 heterocycles. The van der Waals surface area contributed by atoms with Gasteiger partial charge >= 0.3 is 12.1 Å². The Hall–Kier alpha value is -2.82. The molecule has 2 rings (SSSR count). The Morgan fingerprint density at radius 3 is 1.45 bits per heavy atom. The molecule has 168 valence electrons. The minimum absolute atomic E-state index is 0.182. The number of ether oxygens (including phenoxy) is 1. The molecule has 3 amide bonds. The number of anilines is 1. The first kappa shape index (κ1) is 24.4. The first-order valence-corrected chi connectivity index (χ1v) is 11.1. The fourth-order valence-electron chi connectivity index (χ4n) is 3.65. The summed E-state index contributed by atoms with van der Waals surface area (Å²) in [5, 5.41) is 5.21. The SMILES string of the molecule is CC(C)c1cccc(C(C)C)c1NC(=O)NC(=O)Oc1c(C(C)C)cccc1C(C)C. The summed E-state index contributed by atoms with van der Waals surface area (Å²) >= 11 is 0. The van der Waals surface area contributed by atoms with Crippen LogP contribution in [-0.4, -0.2) is 12.1 Å². The predicted molar refractivity (Wildman–Crippen MR) is 127 cm³/mol. The van der Waals surface area contributed by atoms with Crippen molar-refractivity contribution in [3.8, 4) is 5.75 Å². The van der Waals surface area contributed by atoms with Crippen molar-refractivity contribution in [2.75, 3.05) is 5.32 Å². The van der Waals surface area contributed by atoms with Gasteiger partial charge in [-0.05, 0) is 45.9 Å². The molecule has 0 aliphatic heterocycles. The number of urea groups is 1. The molecule has 0 atom stereocenters. The smallest absolute Gasteiger partial charge is 0.409 e. The van der Waals surface area contributed by atoms with Crippen molar-refractivity contribution in [3.63, 3.8) is 0 Å². The van der Waals surface area contributed by atoms with Gasteiger partial charge in [0.25, 0.3) is 0 Å². The highest BCUT2D eigenvalue weighted by Crippen LogP contribution is 2.35. The molecule has 0 fully saturated rings. The summed E-state index contributed by atoms with van der Waals surface area (Å²) in [6.45, 7) is 16.5. The Morgan fingerprint density at radius 1 is 0.677 bits per heavy atom. The molecule has 0 aromatic heterocycles. The van der Waals surface area contributed by atoms with Crippen LogP contribution in [0.25, 0.3) is 0 Å². The molecular formula is C26H36N2O3. The van der Waals surface area contributed by atoms with Crippen molar-refractivity contribution < 1.29 is 14.3 Å². The maximum atomic E-state index is 12.7. The minimum Gasteiger partial charge on any atom is -0.409 e. The molecule has 0 saturated heterocycles. The molecular weight excluding hydrogens is 388 g/mol. The third kappa shape index (κ3) is 6.09. The molecule has 2 aromatic carbocycles. The summed E-state index contributed by atoms with van der Waals surface area (Å²) in [5.74, 6) is 1.35. The maximum absolute atomic E-state index is 12.7. The maximum Gasteiger partial charge on any atom is 0.420 e. The third-order valence-electron chi connectivity index (χ3n) is 5.34. The summed E-state index contributed by atoms with van der Waals surface area (Å²) in [6.07, 6.45) is -0.791. The molecule has 0 bridgehead atoms. The Bertz CT molecular complexity index is 802. The first-order valence-electron chi connectivity index (χ1n) is 11.1. The summed E-state index contributed by atoms with van der Waals surface area (Å²) in [4.78, 5) is 25.3. The average Bonchev–Trinajstić information content (AvgIpc) is 2.67. The fraction of sp³-hybridized carbons (Fsp3) is 0.462. The Balaban J connectivity index is 2.24. The molecule has 0 aliphatic carbocycles. The molecule has 0 aliphatic rings. The summed E-state index contributed by atoms with van der Waals surface area (Å²) in [6, 6.07) is 11.3. The summed E-state index contributed by atoms with van der Waals surface area (Å²) in [5.41, 5.74) is 4.69. The lowest BCUT2D eigenvalue weighted by Gasteiger charge is -2.21. The zero-order valence-corrected chi connectivity index (χ0v) is 20.0. The molecule has 0 saturated carbocycles. The number of nitrogens with one attached hydrogen (secondary N) is 2. The van der Waals surface area contributed by atoms with Gasteiger partial charge in [-0.15, -0.1) is 0 Å². The van der Waals surface area contributed by atoms with Gasteiger partial charge in [0.15, 0.2) is 0 Å². The van der Waals surface area contributed by atoms with Gasteiger partial charge in [0.1, 0.15) is 5.75 Å².